The van der Waals surface area contributed by atoms with Crippen LogP contribution in [0.5, 0.6) is 0 Å². The van der Waals surface area contributed by atoms with Crippen molar-refractivity contribution in [2.75, 3.05) is 6.54 Å². The van der Waals surface area contributed by atoms with Gasteiger partial charge in [-0.25, -0.2) is 9.78 Å². The lowest BCUT2D eigenvalue weighted by molar-refractivity contribution is -0.126. The lowest BCUT2D eigenvalue weighted by Gasteiger charge is -2.28. The van der Waals surface area contributed by atoms with Crippen LogP contribution in [0.15, 0.2) is 24.3 Å². The number of amides is 2. The Hall–Kier alpha value is -2.57. The lowest BCUT2D eigenvalue weighted by Crippen LogP contribution is -2.48. The lowest BCUT2D eigenvalue weighted by atomic mass is 10.2. The van der Waals surface area contributed by atoms with Crippen LogP contribution in [0, 0.1) is 0 Å². The molecule has 1 aliphatic rings. The number of benzene rings is 1. The summed E-state index contributed by atoms with van der Waals surface area (Å²) >= 11 is 0. The normalized spacial score (nSPS) is 18.8. The van der Waals surface area contributed by atoms with Crippen LogP contribution in [-0.2, 0) is 9.53 Å². The molecule has 1 fully saturated rings. The fourth-order valence-corrected chi connectivity index (χ4v) is 3.13. The number of nitrogens with zero attached hydrogens (tertiary/aromatic N) is 2. The molecule has 2 amide bonds. The summed E-state index contributed by atoms with van der Waals surface area (Å²) in [5, 5.41) is 2.96. The van der Waals surface area contributed by atoms with Gasteiger partial charge in [0.05, 0.1) is 17.1 Å². The molecule has 1 saturated heterocycles. The Bertz CT molecular complexity index is 775. The highest BCUT2D eigenvalue weighted by Gasteiger charge is 2.37. The van der Waals surface area contributed by atoms with E-state index in [1.165, 1.54) is 4.90 Å². The Morgan fingerprint density at radius 2 is 2.08 bits per heavy atom. The van der Waals surface area contributed by atoms with E-state index >= 15 is 0 Å². The van der Waals surface area contributed by atoms with Crippen molar-refractivity contribution in [3.63, 3.8) is 0 Å². The number of likely N-dealkylation sites (tertiary alicyclic amines) is 1. The zero-order valence-electron chi connectivity index (χ0n) is 15.7. The molecule has 1 aliphatic heterocycles. The Labute approximate surface area is 153 Å². The fraction of sp³-hybridized carbons (Fsp3) is 0.526. The zero-order chi connectivity index (χ0) is 18.9. The van der Waals surface area contributed by atoms with Gasteiger partial charge >= 0.3 is 6.09 Å². The van der Waals surface area contributed by atoms with Gasteiger partial charge in [0.2, 0.25) is 5.91 Å². The maximum absolute atomic E-state index is 12.7. The fourth-order valence-electron chi connectivity index (χ4n) is 3.13. The highest BCUT2D eigenvalue weighted by atomic mass is 16.6. The molecule has 0 saturated carbocycles. The van der Waals surface area contributed by atoms with Gasteiger partial charge in [-0.15, -0.1) is 0 Å². The molecule has 1 unspecified atom stereocenters. The summed E-state index contributed by atoms with van der Waals surface area (Å²) in [6, 6.07) is 6.94. The Morgan fingerprint density at radius 3 is 2.77 bits per heavy atom. The number of hydrogen-bond donors (Lipinski definition) is 2. The Kier molecular flexibility index (Phi) is 4.89. The summed E-state index contributed by atoms with van der Waals surface area (Å²) in [4.78, 5) is 34.3. The van der Waals surface area contributed by atoms with Crippen molar-refractivity contribution in [2.24, 2.45) is 0 Å². The van der Waals surface area contributed by atoms with Crippen LogP contribution >= 0.6 is 0 Å². The van der Waals surface area contributed by atoms with Crippen LogP contribution in [-0.4, -0.2) is 45.1 Å². The number of carbonyl (C=O) groups excluding carboxylic acids is 2. The van der Waals surface area contributed by atoms with Crippen molar-refractivity contribution >= 4 is 23.0 Å². The van der Waals surface area contributed by atoms with Gasteiger partial charge in [0.25, 0.3) is 0 Å². The molecule has 0 bridgehead atoms. The monoisotopic (exact) mass is 358 g/mol. The smallest absolute Gasteiger partial charge is 0.410 e. The van der Waals surface area contributed by atoms with E-state index in [1.807, 2.05) is 52.0 Å². The molecule has 2 heterocycles. The van der Waals surface area contributed by atoms with Gasteiger partial charge in [0.1, 0.15) is 17.5 Å². The molecule has 7 nitrogen and oxygen atoms in total. The molecule has 0 spiro atoms. The van der Waals surface area contributed by atoms with E-state index in [4.69, 9.17) is 4.74 Å². The predicted molar refractivity (Wildman–Crippen MR) is 98.6 cm³/mol. The van der Waals surface area contributed by atoms with E-state index in [2.05, 4.69) is 15.3 Å². The molecule has 140 valence electrons. The third-order valence-electron chi connectivity index (χ3n) is 4.36. The second-order valence-electron chi connectivity index (χ2n) is 7.70. The van der Waals surface area contributed by atoms with Crippen molar-refractivity contribution in [3.8, 4) is 0 Å². The minimum absolute atomic E-state index is 0.179. The average Bonchev–Trinajstić information content (AvgIpc) is 3.20. The number of H-pyrrole nitrogens is 1. The number of carbonyl (C=O) groups is 2. The van der Waals surface area contributed by atoms with Crippen LogP contribution in [0.3, 0.4) is 0 Å². The van der Waals surface area contributed by atoms with E-state index < -0.39 is 17.7 Å². The van der Waals surface area contributed by atoms with E-state index in [0.717, 1.165) is 17.5 Å². The number of hydrogen-bond acceptors (Lipinski definition) is 4. The van der Waals surface area contributed by atoms with Gasteiger partial charge in [-0.1, -0.05) is 12.1 Å². The molecule has 2 aromatic rings. The second kappa shape index (κ2) is 6.97. The standard InChI is InChI=1S/C19H26N4O3/c1-12(16-21-13-8-5-6-9-14(13)22-16)20-17(24)15-10-7-11-23(15)18(25)26-19(2,3)4/h5-6,8-9,12,15H,7,10-11H2,1-4H3,(H,20,24)(H,21,22)/t12?,15-/m0/s1. The summed E-state index contributed by atoms with van der Waals surface area (Å²) in [5.74, 6) is 0.516. The number of imidazole rings is 1. The van der Waals surface area contributed by atoms with Gasteiger partial charge < -0.3 is 15.0 Å². The largest absolute Gasteiger partial charge is 0.444 e. The van der Waals surface area contributed by atoms with Crippen LogP contribution in [0.25, 0.3) is 11.0 Å². The third kappa shape index (κ3) is 3.98. The van der Waals surface area contributed by atoms with Crippen molar-refractivity contribution < 1.29 is 14.3 Å². The van der Waals surface area contributed by atoms with Gasteiger partial charge in [-0.05, 0) is 52.7 Å². The first-order valence-electron chi connectivity index (χ1n) is 8.99. The highest BCUT2D eigenvalue weighted by Crippen LogP contribution is 2.22. The van der Waals surface area contributed by atoms with Gasteiger partial charge in [-0.3, -0.25) is 9.69 Å². The van der Waals surface area contributed by atoms with Crippen molar-refractivity contribution in [2.45, 2.75) is 58.2 Å². The number of para-hydroxylation sites is 2. The highest BCUT2D eigenvalue weighted by molar-refractivity contribution is 5.86. The summed E-state index contributed by atoms with van der Waals surface area (Å²) < 4.78 is 5.42. The molecular formula is C19H26N4O3. The summed E-state index contributed by atoms with van der Waals surface area (Å²) in [7, 11) is 0. The molecule has 1 aromatic carbocycles. The van der Waals surface area contributed by atoms with Crippen LogP contribution < -0.4 is 5.32 Å². The van der Waals surface area contributed by atoms with E-state index in [1.54, 1.807) is 0 Å². The number of aromatic amines is 1. The molecule has 2 atom stereocenters. The van der Waals surface area contributed by atoms with Crippen molar-refractivity contribution in [3.05, 3.63) is 30.1 Å². The zero-order valence-corrected chi connectivity index (χ0v) is 15.7. The predicted octanol–water partition coefficient (Wildman–Crippen LogP) is 3.14. The van der Waals surface area contributed by atoms with E-state index in [-0.39, 0.29) is 11.9 Å². The molecular weight excluding hydrogens is 332 g/mol. The van der Waals surface area contributed by atoms with Gasteiger partial charge in [0.15, 0.2) is 0 Å². The average molecular weight is 358 g/mol. The maximum Gasteiger partial charge on any atom is 0.410 e. The molecule has 1 aromatic heterocycles. The van der Waals surface area contributed by atoms with Crippen molar-refractivity contribution in [1.82, 2.24) is 20.2 Å². The van der Waals surface area contributed by atoms with Crippen LogP contribution in [0.1, 0.15) is 52.4 Å². The number of nitrogens with one attached hydrogen (secondary N) is 2. The maximum atomic E-state index is 12.7. The Morgan fingerprint density at radius 1 is 1.35 bits per heavy atom. The minimum Gasteiger partial charge on any atom is -0.444 e. The second-order valence-corrected chi connectivity index (χ2v) is 7.70. The topological polar surface area (TPSA) is 87.3 Å². The number of rotatable bonds is 3. The Balaban J connectivity index is 1.67. The van der Waals surface area contributed by atoms with E-state index in [0.29, 0.717) is 18.8 Å². The van der Waals surface area contributed by atoms with Crippen molar-refractivity contribution in [1.29, 1.82) is 0 Å². The van der Waals surface area contributed by atoms with Crippen LogP contribution in [0.4, 0.5) is 4.79 Å². The van der Waals surface area contributed by atoms with E-state index in [9.17, 15) is 9.59 Å². The first kappa shape index (κ1) is 18.2. The first-order chi connectivity index (χ1) is 12.2. The molecule has 26 heavy (non-hydrogen) atoms. The minimum atomic E-state index is -0.581. The van der Waals surface area contributed by atoms with Gasteiger partial charge in [0, 0.05) is 6.54 Å². The third-order valence-corrected chi connectivity index (χ3v) is 4.36. The summed E-state index contributed by atoms with van der Waals surface area (Å²) in [6.07, 6.45) is 0.986. The molecule has 2 N–H and O–H groups in total. The molecule has 0 radical (unpaired) electrons. The number of ether oxygens (including phenoxy) is 1. The summed E-state index contributed by atoms with van der Waals surface area (Å²) in [6.45, 7) is 7.87. The summed E-state index contributed by atoms with van der Waals surface area (Å²) in [5.41, 5.74) is 1.21. The number of aromatic nitrogens is 2. The first-order valence-corrected chi connectivity index (χ1v) is 8.99. The molecule has 7 heteroatoms. The SMILES string of the molecule is CC(NC(=O)[C@@H]1CCCN1C(=O)OC(C)(C)C)c1nc2ccccc2[nH]1. The molecule has 3 rings (SSSR count). The molecule has 0 aliphatic carbocycles. The van der Waals surface area contributed by atoms with Crippen LogP contribution in [0.2, 0.25) is 0 Å². The van der Waals surface area contributed by atoms with Gasteiger partial charge in [-0.2, -0.15) is 0 Å². The quantitative estimate of drug-likeness (QED) is 0.882. The number of fused-ring (bicyclic) bond motifs is 1.